The molecule has 1 atom stereocenters. The fourth-order valence-corrected chi connectivity index (χ4v) is 2.39. The second kappa shape index (κ2) is 5.74. The van der Waals surface area contributed by atoms with Gasteiger partial charge in [-0.25, -0.2) is 4.21 Å². The molecule has 2 aromatic rings. The second-order valence-electron chi connectivity index (χ2n) is 4.10. The fraction of sp³-hybridized carbons (Fsp3) is 0.133. The van der Waals surface area contributed by atoms with Crippen LogP contribution >= 0.6 is 0 Å². The Hall–Kier alpha value is -1.74. The SMILES string of the molecule is C/C(=N\S(=O)c1ccc(C)cc1)c1ccccc1. The topological polar surface area (TPSA) is 29.4 Å². The molecule has 0 aliphatic rings. The molecule has 1 unspecified atom stereocenters. The van der Waals surface area contributed by atoms with Crippen LogP contribution in [0.25, 0.3) is 0 Å². The van der Waals surface area contributed by atoms with E-state index in [1.165, 1.54) is 0 Å². The lowest BCUT2D eigenvalue weighted by atomic mass is 10.1. The van der Waals surface area contributed by atoms with Crippen LogP contribution in [0.5, 0.6) is 0 Å². The van der Waals surface area contributed by atoms with E-state index < -0.39 is 11.0 Å². The summed E-state index contributed by atoms with van der Waals surface area (Å²) < 4.78 is 16.3. The molecule has 0 radical (unpaired) electrons. The molecule has 0 bridgehead atoms. The third-order valence-electron chi connectivity index (χ3n) is 2.63. The number of nitrogens with zero attached hydrogens (tertiary/aromatic N) is 1. The highest BCUT2D eigenvalue weighted by molar-refractivity contribution is 7.83. The summed E-state index contributed by atoms with van der Waals surface area (Å²) in [6, 6.07) is 17.4. The van der Waals surface area contributed by atoms with Crippen LogP contribution in [-0.2, 0) is 11.0 Å². The van der Waals surface area contributed by atoms with Gasteiger partial charge in [0.25, 0.3) is 0 Å². The van der Waals surface area contributed by atoms with Crippen LogP contribution < -0.4 is 0 Å². The van der Waals surface area contributed by atoms with Gasteiger partial charge in [-0.3, -0.25) is 0 Å². The Morgan fingerprint density at radius 3 is 2.22 bits per heavy atom. The predicted molar refractivity (Wildman–Crippen MR) is 76.2 cm³/mol. The molecule has 2 nitrogen and oxygen atoms in total. The fourth-order valence-electron chi connectivity index (χ4n) is 1.56. The molecule has 0 spiro atoms. The van der Waals surface area contributed by atoms with E-state index in [1.807, 2.05) is 68.4 Å². The van der Waals surface area contributed by atoms with Crippen LogP contribution in [0.15, 0.2) is 63.9 Å². The first-order valence-corrected chi connectivity index (χ1v) is 6.87. The molecule has 0 aliphatic heterocycles. The molecule has 2 rings (SSSR count). The maximum Gasteiger partial charge on any atom is 0.172 e. The van der Waals surface area contributed by atoms with Crippen LogP contribution in [0.2, 0.25) is 0 Å². The number of aryl methyl sites for hydroxylation is 1. The van der Waals surface area contributed by atoms with Crippen molar-refractivity contribution < 1.29 is 4.21 Å². The van der Waals surface area contributed by atoms with E-state index in [9.17, 15) is 4.21 Å². The van der Waals surface area contributed by atoms with Crippen molar-refractivity contribution in [1.82, 2.24) is 0 Å². The number of rotatable bonds is 3. The van der Waals surface area contributed by atoms with Gasteiger partial charge in [0, 0.05) is 0 Å². The van der Waals surface area contributed by atoms with Gasteiger partial charge in [0.05, 0.1) is 10.6 Å². The summed E-state index contributed by atoms with van der Waals surface area (Å²) in [6.07, 6.45) is 0. The van der Waals surface area contributed by atoms with E-state index >= 15 is 0 Å². The maximum atomic E-state index is 12.1. The van der Waals surface area contributed by atoms with Crippen molar-refractivity contribution in [2.24, 2.45) is 4.40 Å². The highest BCUT2D eigenvalue weighted by Gasteiger charge is 2.03. The number of hydrogen-bond acceptors (Lipinski definition) is 1. The average molecular weight is 257 g/mol. The minimum Gasteiger partial charge on any atom is -0.229 e. The number of benzene rings is 2. The Balaban J connectivity index is 2.23. The zero-order valence-corrected chi connectivity index (χ0v) is 11.3. The van der Waals surface area contributed by atoms with Crippen LogP contribution in [0.3, 0.4) is 0 Å². The standard InChI is InChI=1S/C15H15NOS/c1-12-8-10-15(11-9-12)18(17)16-13(2)14-6-4-3-5-7-14/h3-11H,1-2H3/b16-13+. The highest BCUT2D eigenvalue weighted by atomic mass is 32.2. The van der Waals surface area contributed by atoms with E-state index in [-0.39, 0.29) is 0 Å². The summed E-state index contributed by atoms with van der Waals surface area (Å²) >= 11 is 0. The van der Waals surface area contributed by atoms with Crippen molar-refractivity contribution in [2.45, 2.75) is 18.7 Å². The minimum absolute atomic E-state index is 0.732. The first-order valence-electron chi connectivity index (χ1n) is 5.76. The van der Waals surface area contributed by atoms with Crippen LogP contribution in [0.1, 0.15) is 18.1 Å². The maximum absolute atomic E-state index is 12.1. The van der Waals surface area contributed by atoms with Gasteiger partial charge in [0.2, 0.25) is 0 Å². The zero-order valence-electron chi connectivity index (χ0n) is 10.5. The molecule has 0 aromatic heterocycles. The van der Waals surface area contributed by atoms with Crippen LogP contribution in [0.4, 0.5) is 0 Å². The van der Waals surface area contributed by atoms with Gasteiger partial charge in [0.1, 0.15) is 0 Å². The molecule has 0 saturated heterocycles. The van der Waals surface area contributed by atoms with E-state index in [0.29, 0.717) is 0 Å². The van der Waals surface area contributed by atoms with E-state index in [2.05, 4.69) is 4.40 Å². The Morgan fingerprint density at radius 2 is 1.61 bits per heavy atom. The van der Waals surface area contributed by atoms with Gasteiger partial charge in [-0.05, 0) is 31.5 Å². The largest absolute Gasteiger partial charge is 0.229 e. The molecule has 0 heterocycles. The summed E-state index contributed by atoms with van der Waals surface area (Å²) in [5.41, 5.74) is 2.94. The highest BCUT2D eigenvalue weighted by Crippen LogP contribution is 2.11. The Bertz CT molecular complexity index is 573. The molecule has 0 aliphatic carbocycles. The first-order chi connectivity index (χ1) is 8.66. The van der Waals surface area contributed by atoms with E-state index in [1.54, 1.807) is 0 Å². The smallest absolute Gasteiger partial charge is 0.172 e. The summed E-state index contributed by atoms with van der Waals surface area (Å²) in [5, 5.41) is 0. The molecule has 0 N–H and O–H groups in total. The molecular weight excluding hydrogens is 242 g/mol. The van der Waals surface area contributed by atoms with Crippen molar-refractivity contribution in [3.8, 4) is 0 Å². The average Bonchev–Trinajstić information content (AvgIpc) is 2.40. The Morgan fingerprint density at radius 1 is 1.00 bits per heavy atom. The summed E-state index contributed by atoms with van der Waals surface area (Å²) in [5.74, 6) is 0. The molecule has 92 valence electrons. The first kappa shape index (κ1) is 12.7. The molecule has 18 heavy (non-hydrogen) atoms. The molecular formula is C15H15NOS. The van der Waals surface area contributed by atoms with Gasteiger partial charge in [-0.1, -0.05) is 48.0 Å². The van der Waals surface area contributed by atoms with Gasteiger partial charge in [-0.15, -0.1) is 0 Å². The predicted octanol–water partition coefficient (Wildman–Crippen LogP) is 3.53. The lowest BCUT2D eigenvalue weighted by molar-refractivity contribution is 0.684. The normalized spacial score (nSPS) is 13.3. The molecule has 2 aromatic carbocycles. The zero-order chi connectivity index (χ0) is 13.0. The molecule has 0 fully saturated rings. The van der Waals surface area contributed by atoms with Crippen molar-refractivity contribution in [3.63, 3.8) is 0 Å². The van der Waals surface area contributed by atoms with Crippen molar-refractivity contribution in [3.05, 3.63) is 65.7 Å². The van der Waals surface area contributed by atoms with Crippen LogP contribution in [-0.4, -0.2) is 9.92 Å². The minimum atomic E-state index is -1.33. The van der Waals surface area contributed by atoms with E-state index in [4.69, 9.17) is 0 Å². The Labute approximate surface area is 110 Å². The lowest BCUT2D eigenvalue weighted by Gasteiger charge is -2.01. The third kappa shape index (κ3) is 3.14. The van der Waals surface area contributed by atoms with Gasteiger partial charge < -0.3 is 0 Å². The molecule has 0 amide bonds. The van der Waals surface area contributed by atoms with Crippen molar-refractivity contribution in [1.29, 1.82) is 0 Å². The van der Waals surface area contributed by atoms with E-state index in [0.717, 1.165) is 21.7 Å². The monoisotopic (exact) mass is 257 g/mol. The van der Waals surface area contributed by atoms with Crippen LogP contribution in [0, 0.1) is 6.92 Å². The summed E-state index contributed by atoms with van der Waals surface area (Å²) in [4.78, 5) is 0.732. The van der Waals surface area contributed by atoms with Crippen molar-refractivity contribution >= 4 is 16.7 Å². The van der Waals surface area contributed by atoms with Crippen molar-refractivity contribution in [2.75, 3.05) is 0 Å². The number of hydrogen-bond donors (Lipinski definition) is 0. The molecule has 0 saturated carbocycles. The summed E-state index contributed by atoms with van der Waals surface area (Å²) in [7, 11) is -1.33. The Kier molecular flexibility index (Phi) is 4.05. The van der Waals surface area contributed by atoms with Gasteiger partial charge >= 0.3 is 0 Å². The van der Waals surface area contributed by atoms with Gasteiger partial charge in [0.15, 0.2) is 11.0 Å². The second-order valence-corrected chi connectivity index (χ2v) is 5.26. The molecule has 3 heteroatoms. The van der Waals surface area contributed by atoms with Gasteiger partial charge in [-0.2, -0.15) is 4.40 Å². The lowest BCUT2D eigenvalue weighted by Crippen LogP contribution is -1.97. The summed E-state index contributed by atoms with van der Waals surface area (Å²) in [6.45, 7) is 3.88. The quantitative estimate of drug-likeness (QED) is 0.773. The third-order valence-corrected chi connectivity index (χ3v) is 3.75.